The molecule has 0 radical (unpaired) electrons. The second-order valence-electron chi connectivity index (χ2n) is 6.97. The van der Waals surface area contributed by atoms with Gasteiger partial charge in [0.25, 0.3) is 0 Å². The summed E-state index contributed by atoms with van der Waals surface area (Å²) in [5, 5.41) is 0. The van der Waals surface area contributed by atoms with E-state index in [4.69, 9.17) is 0 Å². The van der Waals surface area contributed by atoms with Gasteiger partial charge >= 0.3 is 6.03 Å². The van der Waals surface area contributed by atoms with E-state index in [0.717, 1.165) is 23.8 Å². The smallest absolute Gasteiger partial charge is 0.320 e. The van der Waals surface area contributed by atoms with E-state index in [1.54, 1.807) is 18.2 Å². The molecule has 0 atom stereocenters. The molecule has 0 aromatic heterocycles. The summed E-state index contributed by atoms with van der Waals surface area (Å²) in [6.07, 6.45) is 0.608. The molecule has 2 aromatic carbocycles. The molecule has 0 bridgehead atoms. The van der Waals surface area contributed by atoms with Crippen molar-refractivity contribution in [1.29, 1.82) is 0 Å². The maximum Gasteiger partial charge on any atom is 0.324 e. The summed E-state index contributed by atoms with van der Waals surface area (Å²) < 4.78 is 54.2. The highest BCUT2D eigenvalue weighted by Crippen LogP contribution is 2.31. The molecule has 0 saturated carbocycles. The van der Waals surface area contributed by atoms with Crippen LogP contribution in [0.4, 0.5) is 25.0 Å². The van der Waals surface area contributed by atoms with E-state index in [0.29, 0.717) is 30.9 Å². The first kappa shape index (κ1) is 21.0. The minimum Gasteiger partial charge on any atom is -0.320 e. The number of rotatable bonds is 6. The topological polar surface area (TPSA) is 69.7 Å². The Morgan fingerprint density at radius 3 is 2.59 bits per heavy atom. The molecule has 1 N–H and O–H groups in total. The monoisotopic (exact) mass is 423 g/mol. The van der Waals surface area contributed by atoms with Gasteiger partial charge in [-0.05, 0) is 56.2 Å². The Morgan fingerprint density at radius 1 is 1.10 bits per heavy atom. The van der Waals surface area contributed by atoms with Gasteiger partial charge in [0.05, 0.1) is 23.7 Å². The van der Waals surface area contributed by atoms with E-state index < -0.39 is 21.7 Å². The van der Waals surface area contributed by atoms with Crippen LogP contribution >= 0.6 is 0 Å². The molecule has 2 aromatic rings. The van der Waals surface area contributed by atoms with Crippen molar-refractivity contribution < 1.29 is 22.0 Å². The van der Waals surface area contributed by atoms with Gasteiger partial charge in [0.1, 0.15) is 11.6 Å². The lowest BCUT2D eigenvalue weighted by Gasteiger charge is -2.36. The van der Waals surface area contributed by atoms with Crippen molar-refractivity contribution in [1.82, 2.24) is 4.90 Å². The van der Waals surface area contributed by atoms with Crippen LogP contribution in [0.1, 0.15) is 24.5 Å². The van der Waals surface area contributed by atoms with Gasteiger partial charge in [0.15, 0.2) is 0 Å². The zero-order chi connectivity index (χ0) is 21.2. The van der Waals surface area contributed by atoms with Crippen LogP contribution in [0.5, 0.6) is 0 Å². The molecule has 0 spiro atoms. The summed E-state index contributed by atoms with van der Waals surface area (Å²) in [7, 11) is -3.53. The second kappa shape index (κ2) is 8.36. The van der Waals surface area contributed by atoms with Gasteiger partial charge in [-0.2, -0.15) is 0 Å². The Kier molecular flexibility index (Phi) is 6.07. The van der Waals surface area contributed by atoms with Crippen LogP contribution in [-0.4, -0.2) is 38.2 Å². The SMILES string of the molecule is CCS(=O)(=O)Nc1cc(C)ccc1N1CCCN(Cc2cc(F)ccc2F)C1=O. The number of nitrogens with zero attached hydrogens (tertiary/aromatic N) is 2. The summed E-state index contributed by atoms with van der Waals surface area (Å²) >= 11 is 0. The molecule has 9 heteroatoms. The molecule has 29 heavy (non-hydrogen) atoms. The Labute approximate surface area is 169 Å². The van der Waals surface area contributed by atoms with Crippen LogP contribution in [0.2, 0.25) is 0 Å². The van der Waals surface area contributed by atoms with Gasteiger partial charge in [-0.1, -0.05) is 6.07 Å². The molecular formula is C20H23F2N3O3S. The highest BCUT2D eigenvalue weighted by atomic mass is 32.2. The normalized spacial score (nSPS) is 15.0. The van der Waals surface area contributed by atoms with Crippen molar-refractivity contribution in [3.05, 3.63) is 59.2 Å². The number of benzene rings is 2. The van der Waals surface area contributed by atoms with Gasteiger partial charge in [0.2, 0.25) is 10.0 Å². The largest absolute Gasteiger partial charge is 0.324 e. The number of hydrogen-bond acceptors (Lipinski definition) is 3. The molecule has 0 unspecified atom stereocenters. The number of amides is 2. The van der Waals surface area contributed by atoms with Crippen LogP contribution in [0.3, 0.4) is 0 Å². The predicted molar refractivity (Wildman–Crippen MR) is 108 cm³/mol. The van der Waals surface area contributed by atoms with Crippen LogP contribution in [0.25, 0.3) is 0 Å². The predicted octanol–water partition coefficient (Wildman–Crippen LogP) is 3.87. The minimum atomic E-state index is -3.53. The number of anilines is 2. The standard InChI is InChI=1S/C20H23F2N3O3S/c1-3-29(27,28)23-18-11-14(2)5-8-19(18)25-10-4-9-24(20(25)26)13-15-12-16(21)6-7-17(15)22/h5-8,11-12,23H,3-4,9-10,13H2,1-2H3. The first-order chi connectivity index (χ1) is 13.7. The number of nitrogens with one attached hydrogen (secondary N) is 1. The van der Waals surface area contributed by atoms with E-state index in [2.05, 4.69) is 4.72 Å². The average Bonchev–Trinajstić information content (AvgIpc) is 2.67. The molecular weight excluding hydrogens is 400 g/mol. The average molecular weight is 423 g/mol. The lowest BCUT2D eigenvalue weighted by Crippen LogP contribution is -2.49. The first-order valence-electron chi connectivity index (χ1n) is 9.31. The van der Waals surface area contributed by atoms with Gasteiger partial charge in [-0.15, -0.1) is 0 Å². The van der Waals surface area contributed by atoms with Gasteiger partial charge in [0, 0.05) is 18.7 Å². The molecule has 1 saturated heterocycles. The molecule has 1 aliphatic heterocycles. The molecule has 1 aliphatic rings. The third-order valence-electron chi connectivity index (χ3n) is 4.77. The number of aryl methyl sites for hydroxylation is 1. The molecule has 156 valence electrons. The van der Waals surface area contributed by atoms with Crippen molar-refractivity contribution in [2.75, 3.05) is 28.5 Å². The minimum absolute atomic E-state index is 0.0686. The molecule has 6 nitrogen and oxygen atoms in total. The molecule has 2 amide bonds. The van der Waals surface area contributed by atoms with Crippen LogP contribution < -0.4 is 9.62 Å². The fourth-order valence-corrected chi connectivity index (χ4v) is 3.87. The number of urea groups is 1. The highest BCUT2D eigenvalue weighted by Gasteiger charge is 2.29. The second-order valence-corrected chi connectivity index (χ2v) is 8.98. The number of carbonyl (C=O) groups is 1. The number of carbonyl (C=O) groups excluding carboxylic acids is 1. The summed E-state index contributed by atoms with van der Waals surface area (Å²) in [5.74, 6) is -1.25. The summed E-state index contributed by atoms with van der Waals surface area (Å²) in [6, 6.07) is 7.90. The van der Waals surface area contributed by atoms with Gasteiger partial charge in [-0.3, -0.25) is 9.62 Å². The number of halogens is 2. The van der Waals surface area contributed by atoms with Gasteiger partial charge in [-0.25, -0.2) is 22.0 Å². The van der Waals surface area contributed by atoms with Crippen LogP contribution in [-0.2, 0) is 16.6 Å². The Balaban J connectivity index is 1.90. The quantitative estimate of drug-likeness (QED) is 0.767. The third-order valence-corrected chi connectivity index (χ3v) is 6.06. The van der Waals surface area contributed by atoms with Gasteiger partial charge < -0.3 is 4.90 Å². The zero-order valence-corrected chi connectivity index (χ0v) is 17.1. The maximum atomic E-state index is 14.0. The fraction of sp³-hybridized carbons (Fsp3) is 0.350. The number of sulfonamides is 1. The summed E-state index contributed by atoms with van der Waals surface area (Å²) in [5.41, 5.74) is 1.68. The van der Waals surface area contributed by atoms with E-state index in [1.165, 1.54) is 16.7 Å². The summed E-state index contributed by atoms with van der Waals surface area (Å²) in [4.78, 5) is 16.0. The molecule has 3 rings (SSSR count). The zero-order valence-electron chi connectivity index (χ0n) is 16.3. The van der Waals surface area contributed by atoms with E-state index >= 15 is 0 Å². The third kappa shape index (κ3) is 4.84. The Morgan fingerprint density at radius 2 is 1.86 bits per heavy atom. The maximum absolute atomic E-state index is 14.0. The fourth-order valence-electron chi connectivity index (χ4n) is 3.23. The van der Waals surface area contributed by atoms with E-state index in [-0.39, 0.29) is 23.9 Å². The van der Waals surface area contributed by atoms with E-state index in [9.17, 15) is 22.0 Å². The van der Waals surface area contributed by atoms with E-state index in [1.807, 2.05) is 6.92 Å². The Bertz CT molecular complexity index is 1030. The van der Waals surface area contributed by atoms with Crippen molar-refractivity contribution in [2.45, 2.75) is 26.8 Å². The van der Waals surface area contributed by atoms with Crippen molar-refractivity contribution >= 4 is 27.4 Å². The van der Waals surface area contributed by atoms with Crippen LogP contribution in [0.15, 0.2) is 36.4 Å². The number of hydrogen-bond donors (Lipinski definition) is 1. The first-order valence-corrected chi connectivity index (χ1v) is 11.0. The van der Waals surface area contributed by atoms with Crippen molar-refractivity contribution in [3.63, 3.8) is 0 Å². The van der Waals surface area contributed by atoms with Crippen molar-refractivity contribution in [2.24, 2.45) is 0 Å². The lowest BCUT2D eigenvalue weighted by molar-refractivity contribution is 0.191. The molecule has 1 heterocycles. The molecule has 1 fully saturated rings. The lowest BCUT2D eigenvalue weighted by atomic mass is 10.1. The highest BCUT2D eigenvalue weighted by molar-refractivity contribution is 7.92. The van der Waals surface area contributed by atoms with Crippen LogP contribution in [0, 0.1) is 18.6 Å². The van der Waals surface area contributed by atoms with Crippen molar-refractivity contribution in [3.8, 4) is 0 Å². The molecule has 0 aliphatic carbocycles. The Hall–Kier alpha value is -2.68. The summed E-state index contributed by atoms with van der Waals surface area (Å²) in [6.45, 7) is 4.07.